The summed E-state index contributed by atoms with van der Waals surface area (Å²) in [5.74, 6) is 1.08. The molecule has 1 aliphatic heterocycles. The SMILES string of the molecule is CC1CC(C)N1Cc1ccco1. The van der Waals surface area contributed by atoms with Crippen LogP contribution in [0.2, 0.25) is 0 Å². The van der Waals surface area contributed by atoms with Crippen LogP contribution in [0.1, 0.15) is 26.0 Å². The summed E-state index contributed by atoms with van der Waals surface area (Å²) in [5.41, 5.74) is 0. The molecular weight excluding hydrogens is 150 g/mol. The van der Waals surface area contributed by atoms with Crippen LogP contribution in [0.15, 0.2) is 22.8 Å². The molecule has 0 aliphatic carbocycles. The molecule has 0 bridgehead atoms. The molecule has 12 heavy (non-hydrogen) atoms. The Balaban J connectivity index is 1.95. The molecule has 0 saturated carbocycles. The molecule has 2 heterocycles. The Bertz CT molecular complexity index is 234. The minimum atomic E-state index is 0.727. The minimum absolute atomic E-state index is 0.727. The van der Waals surface area contributed by atoms with E-state index in [0.29, 0.717) is 0 Å². The summed E-state index contributed by atoms with van der Waals surface area (Å²) in [5, 5.41) is 0. The molecule has 2 rings (SSSR count). The van der Waals surface area contributed by atoms with E-state index >= 15 is 0 Å². The van der Waals surface area contributed by atoms with Crippen LogP contribution >= 0.6 is 0 Å². The van der Waals surface area contributed by atoms with Gasteiger partial charge in [-0.05, 0) is 32.4 Å². The average Bonchev–Trinajstić information content (AvgIpc) is 2.52. The van der Waals surface area contributed by atoms with Gasteiger partial charge in [-0.3, -0.25) is 4.90 Å². The maximum atomic E-state index is 5.29. The third-order valence-electron chi connectivity index (χ3n) is 2.73. The van der Waals surface area contributed by atoms with E-state index in [1.54, 1.807) is 6.26 Å². The zero-order valence-corrected chi connectivity index (χ0v) is 7.66. The van der Waals surface area contributed by atoms with E-state index in [1.165, 1.54) is 6.42 Å². The molecule has 0 aromatic carbocycles. The quantitative estimate of drug-likeness (QED) is 0.668. The summed E-state index contributed by atoms with van der Waals surface area (Å²) in [6.07, 6.45) is 3.06. The predicted octanol–water partition coefficient (Wildman–Crippen LogP) is 2.26. The van der Waals surface area contributed by atoms with Gasteiger partial charge in [-0.25, -0.2) is 0 Å². The van der Waals surface area contributed by atoms with Crippen LogP contribution in [-0.4, -0.2) is 17.0 Å². The number of likely N-dealkylation sites (tertiary alicyclic amines) is 1. The number of furan rings is 1. The Kier molecular flexibility index (Phi) is 1.93. The van der Waals surface area contributed by atoms with E-state index in [9.17, 15) is 0 Å². The van der Waals surface area contributed by atoms with Crippen molar-refractivity contribution in [2.24, 2.45) is 0 Å². The fraction of sp³-hybridized carbons (Fsp3) is 0.600. The molecule has 66 valence electrons. The highest BCUT2D eigenvalue weighted by atomic mass is 16.3. The van der Waals surface area contributed by atoms with E-state index in [4.69, 9.17) is 4.42 Å². The van der Waals surface area contributed by atoms with Gasteiger partial charge < -0.3 is 4.42 Å². The van der Waals surface area contributed by atoms with Crippen molar-refractivity contribution in [2.45, 2.75) is 38.9 Å². The molecule has 0 amide bonds. The summed E-state index contributed by atoms with van der Waals surface area (Å²) in [6, 6.07) is 5.44. The Morgan fingerprint density at radius 3 is 2.75 bits per heavy atom. The molecular formula is C10H15NO. The molecule has 0 radical (unpaired) electrons. The lowest BCUT2D eigenvalue weighted by atomic mass is 9.96. The molecule has 1 aliphatic rings. The van der Waals surface area contributed by atoms with Crippen molar-refractivity contribution in [2.75, 3.05) is 0 Å². The van der Waals surface area contributed by atoms with Crippen LogP contribution in [0.4, 0.5) is 0 Å². The monoisotopic (exact) mass is 165 g/mol. The number of nitrogens with zero attached hydrogens (tertiary/aromatic N) is 1. The van der Waals surface area contributed by atoms with Crippen LogP contribution in [-0.2, 0) is 6.54 Å². The Morgan fingerprint density at radius 2 is 2.25 bits per heavy atom. The van der Waals surface area contributed by atoms with Crippen molar-refractivity contribution >= 4 is 0 Å². The highest BCUT2D eigenvalue weighted by Gasteiger charge is 2.31. The van der Waals surface area contributed by atoms with Gasteiger partial charge >= 0.3 is 0 Å². The number of hydrogen-bond donors (Lipinski definition) is 0. The first-order valence-corrected chi connectivity index (χ1v) is 4.55. The van der Waals surface area contributed by atoms with Gasteiger partial charge in [0, 0.05) is 12.1 Å². The van der Waals surface area contributed by atoms with Gasteiger partial charge in [0.2, 0.25) is 0 Å². The molecule has 2 unspecified atom stereocenters. The lowest BCUT2D eigenvalue weighted by Crippen LogP contribution is -2.51. The van der Waals surface area contributed by atoms with Gasteiger partial charge in [0.25, 0.3) is 0 Å². The lowest BCUT2D eigenvalue weighted by molar-refractivity contribution is 0.0233. The molecule has 1 aromatic heterocycles. The van der Waals surface area contributed by atoms with Gasteiger partial charge in [-0.15, -0.1) is 0 Å². The largest absolute Gasteiger partial charge is 0.468 e. The first kappa shape index (κ1) is 7.87. The van der Waals surface area contributed by atoms with Crippen LogP contribution in [0, 0.1) is 0 Å². The van der Waals surface area contributed by atoms with Crippen molar-refractivity contribution in [3.05, 3.63) is 24.2 Å². The van der Waals surface area contributed by atoms with Crippen molar-refractivity contribution in [3.8, 4) is 0 Å². The number of hydrogen-bond acceptors (Lipinski definition) is 2. The van der Waals surface area contributed by atoms with Crippen LogP contribution in [0.5, 0.6) is 0 Å². The maximum Gasteiger partial charge on any atom is 0.117 e. The van der Waals surface area contributed by atoms with Crippen LogP contribution in [0.3, 0.4) is 0 Å². The van der Waals surface area contributed by atoms with E-state index in [1.807, 2.05) is 12.1 Å². The standard InChI is InChI=1S/C10H15NO/c1-8-6-9(2)11(8)7-10-4-3-5-12-10/h3-5,8-9H,6-7H2,1-2H3. The van der Waals surface area contributed by atoms with Gasteiger partial charge in [-0.1, -0.05) is 0 Å². The van der Waals surface area contributed by atoms with Gasteiger partial charge in [0.05, 0.1) is 12.8 Å². The summed E-state index contributed by atoms with van der Waals surface area (Å²) >= 11 is 0. The summed E-state index contributed by atoms with van der Waals surface area (Å²) in [6.45, 7) is 5.50. The zero-order chi connectivity index (χ0) is 8.55. The molecule has 1 aromatic rings. The Hall–Kier alpha value is -0.760. The highest BCUT2D eigenvalue weighted by molar-refractivity contribution is 5.00. The number of rotatable bonds is 2. The maximum absolute atomic E-state index is 5.29. The third-order valence-corrected chi connectivity index (χ3v) is 2.73. The molecule has 1 fully saturated rings. The van der Waals surface area contributed by atoms with Crippen molar-refractivity contribution in [3.63, 3.8) is 0 Å². The van der Waals surface area contributed by atoms with E-state index < -0.39 is 0 Å². The van der Waals surface area contributed by atoms with Gasteiger partial charge in [0.15, 0.2) is 0 Å². The Labute approximate surface area is 73.2 Å². The fourth-order valence-electron chi connectivity index (χ4n) is 1.96. The van der Waals surface area contributed by atoms with Crippen molar-refractivity contribution in [1.29, 1.82) is 0 Å². The van der Waals surface area contributed by atoms with Gasteiger partial charge in [0.1, 0.15) is 5.76 Å². The van der Waals surface area contributed by atoms with Crippen molar-refractivity contribution in [1.82, 2.24) is 4.90 Å². The van der Waals surface area contributed by atoms with Crippen LogP contribution < -0.4 is 0 Å². The van der Waals surface area contributed by atoms with Crippen LogP contribution in [0.25, 0.3) is 0 Å². The first-order chi connectivity index (χ1) is 5.77. The molecule has 2 nitrogen and oxygen atoms in total. The predicted molar refractivity (Wildman–Crippen MR) is 47.8 cm³/mol. The average molecular weight is 165 g/mol. The third kappa shape index (κ3) is 1.27. The van der Waals surface area contributed by atoms with E-state index in [-0.39, 0.29) is 0 Å². The molecule has 1 saturated heterocycles. The minimum Gasteiger partial charge on any atom is -0.468 e. The first-order valence-electron chi connectivity index (χ1n) is 4.55. The molecule has 0 N–H and O–H groups in total. The smallest absolute Gasteiger partial charge is 0.117 e. The summed E-state index contributed by atoms with van der Waals surface area (Å²) in [7, 11) is 0. The van der Waals surface area contributed by atoms with E-state index in [2.05, 4.69) is 18.7 Å². The fourth-order valence-corrected chi connectivity index (χ4v) is 1.96. The second-order valence-electron chi connectivity index (χ2n) is 3.69. The molecule has 2 atom stereocenters. The lowest BCUT2D eigenvalue weighted by Gasteiger charge is -2.44. The molecule has 0 spiro atoms. The zero-order valence-electron chi connectivity index (χ0n) is 7.66. The Morgan fingerprint density at radius 1 is 1.50 bits per heavy atom. The van der Waals surface area contributed by atoms with Crippen molar-refractivity contribution < 1.29 is 4.42 Å². The van der Waals surface area contributed by atoms with Gasteiger partial charge in [-0.2, -0.15) is 0 Å². The second-order valence-corrected chi connectivity index (χ2v) is 3.69. The second kappa shape index (κ2) is 2.94. The van der Waals surface area contributed by atoms with E-state index in [0.717, 1.165) is 24.4 Å². The topological polar surface area (TPSA) is 16.4 Å². The highest BCUT2D eigenvalue weighted by Crippen LogP contribution is 2.26. The summed E-state index contributed by atoms with van der Waals surface area (Å²) in [4.78, 5) is 2.46. The normalized spacial score (nSPS) is 30.2. The molecule has 2 heteroatoms. The summed E-state index contributed by atoms with van der Waals surface area (Å²) < 4.78 is 5.29.